The summed E-state index contributed by atoms with van der Waals surface area (Å²) in [7, 11) is -5.16. The molecule has 0 atom stereocenters. The first kappa shape index (κ1) is 12.3. The molecule has 0 rings (SSSR count). The SMILES string of the molecule is CCC(C)=C=CS(=O)(=O)C(F)(F)F. The number of allylic oxidation sites excluding steroid dienone is 1. The molecule has 0 spiro atoms. The van der Waals surface area contributed by atoms with E-state index in [1.165, 1.54) is 6.92 Å². The normalized spacial score (nSPS) is 12.1. The third-order valence-corrected chi connectivity index (χ3v) is 2.39. The Bertz CT molecular complexity index is 331. The number of halogens is 3. The standard InChI is InChI=1S/C7H9F3O2S/c1-3-6(2)4-5-13(11,12)7(8,9)10/h5H,3H2,1-2H3. The van der Waals surface area contributed by atoms with Gasteiger partial charge in [-0.05, 0) is 18.9 Å². The molecule has 0 N–H and O–H groups in total. The second-order valence-corrected chi connectivity index (χ2v) is 4.18. The van der Waals surface area contributed by atoms with Gasteiger partial charge in [-0.25, -0.2) is 8.42 Å². The molecule has 76 valence electrons. The van der Waals surface area contributed by atoms with E-state index in [4.69, 9.17) is 0 Å². The lowest BCUT2D eigenvalue weighted by atomic mass is 10.3. The molecule has 0 heterocycles. The highest BCUT2D eigenvalue weighted by atomic mass is 32.2. The van der Waals surface area contributed by atoms with E-state index in [-0.39, 0.29) is 5.41 Å². The van der Waals surface area contributed by atoms with Gasteiger partial charge in [0.15, 0.2) is 0 Å². The third-order valence-electron chi connectivity index (χ3n) is 1.31. The van der Waals surface area contributed by atoms with Crippen molar-refractivity contribution in [3.63, 3.8) is 0 Å². The maximum absolute atomic E-state index is 11.7. The summed E-state index contributed by atoms with van der Waals surface area (Å²) in [5.74, 6) is 0. The predicted octanol–water partition coefficient (Wildman–Crippen LogP) is 2.39. The average Bonchev–Trinajstić information content (AvgIpc) is 1.98. The monoisotopic (exact) mass is 214 g/mol. The highest BCUT2D eigenvalue weighted by Crippen LogP contribution is 2.24. The van der Waals surface area contributed by atoms with Gasteiger partial charge in [-0.2, -0.15) is 13.2 Å². The minimum Gasteiger partial charge on any atom is -0.214 e. The first-order valence-corrected chi connectivity index (χ1v) is 4.99. The van der Waals surface area contributed by atoms with Crippen molar-refractivity contribution < 1.29 is 21.6 Å². The van der Waals surface area contributed by atoms with Gasteiger partial charge >= 0.3 is 5.51 Å². The Hall–Kier alpha value is -0.740. The van der Waals surface area contributed by atoms with Crippen LogP contribution in [-0.4, -0.2) is 13.9 Å². The van der Waals surface area contributed by atoms with Gasteiger partial charge in [0.25, 0.3) is 9.84 Å². The Labute approximate surface area is 74.7 Å². The van der Waals surface area contributed by atoms with Crippen LogP contribution in [0.3, 0.4) is 0 Å². The van der Waals surface area contributed by atoms with Gasteiger partial charge in [0.1, 0.15) is 0 Å². The van der Waals surface area contributed by atoms with Crippen LogP contribution in [-0.2, 0) is 9.84 Å². The quantitative estimate of drug-likeness (QED) is 0.661. The molecule has 0 aliphatic rings. The highest BCUT2D eigenvalue weighted by Gasteiger charge is 2.43. The van der Waals surface area contributed by atoms with E-state index in [1.54, 1.807) is 6.92 Å². The summed E-state index contributed by atoms with van der Waals surface area (Å²) in [5, 5.41) is 0.0613. The number of hydrogen-bond acceptors (Lipinski definition) is 2. The average molecular weight is 214 g/mol. The van der Waals surface area contributed by atoms with Gasteiger partial charge in [0.2, 0.25) is 0 Å². The number of sulfone groups is 1. The van der Waals surface area contributed by atoms with Crippen molar-refractivity contribution in [2.24, 2.45) is 0 Å². The van der Waals surface area contributed by atoms with Crippen LogP contribution in [0.25, 0.3) is 0 Å². The molecule has 0 saturated heterocycles. The summed E-state index contributed by atoms with van der Waals surface area (Å²) < 4.78 is 56.0. The van der Waals surface area contributed by atoms with Gasteiger partial charge in [-0.15, -0.1) is 5.73 Å². The Kier molecular flexibility index (Phi) is 3.75. The van der Waals surface area contributed by atoms with E-state index in [9.17, 15) is 21.6 Å². The van der Waals surface area contributed by atoms with Crippen LogP contribution >= 0.6 is 0 Å². The molecule has 0 radical (unpaired) electrons. The summed E-state index contributed by atoms with van der Waals surface area (Å²) in [4.78, 5) is 0. The van der Waals surface area contributed by atoms with Crippen LogP contribution < -0.4 is 0 Å². The smallest absolute Gasteiger partial charge is 0.214 e. The largest absolute Gasteiger partial charge is 0.501 e. The topological polar surface area (TPSA) is 34.1 Å². The molecule has 0 unspecified atom stereocenters. The summed E-state index contributed by atoms with van der Waals surface area (Å²) in [6.45, 7) is 3.19. The molecule has 6 heteroatoms. The lowest BCUT2D eigenvalue weighted by Crippen LogP contribution is -2.20. The first-order chi connectivity index (χ1) is 5.70. The fraction of sp³-hybridized carbons (Fsp3) is 0.571. The van der Waals surface area contributed by atoms with Gasteiger partial charge in [0.05, 0.1) is 5.41 Å². The van der Waals surface area contributed by atoms with Crippen molar-refractivity contribution in [3.8, 4) is 0 Å². The minimum atomic E-state index is -5.23. The molecule has 2 nitrogen and oxygen atoms in total. The number of rotatable bonds is 2. The van der Waals surface area contributed by atoms with Crippen LogP contribution in [0.1, 0.15) is 20.3 Å². The predicted molar refractivity (Wildman–Crippen MR) is 42.5 cm³/mol. The van der Waals surface area contributed by atoms with Crippen LogP contribution in [0, 0.1) is 0 Å². The van der Waals surface area contributed by atoms with Crippen molar-refractivity contribution in [2.45, 2.75) is 25.8 Å². The van der Waals surface area contributed by atoms with Gasteiger partial charge in [-0.3, -0.25) is 0 Å². The summed E-state index contributed by atoms with van der Waals surface area (Å²) in [5.41, 5.74) is -2.71. The zero-order valence-corrected chi connectivity index (χ0v) is 7.96. The van der Waals surface area contributed by atoms with Crippen molar-refractivity contribution in [1.29, 1.82) is 0 Å². The highest BCUT2D eigenvalue weighted by molar-refractivity contribution is 7.95. The van der Waals surface area contributed by atoms with Crippen LogP contribution in [0.4, 0.5) is 13.2 Å². The Morgan fingerprint density at radius 1 is 1.46 bits per heavy atom. The molecule has 0 fully saturated rings. The van der Waals surface area contributed by atoms with E-state index in [2.05, 4.69) is 5.73 Å². The van der Waals surface area contributed by atoms with Crippen molar-refractivity contribution in [1.82, 2.24) is 0 Å². The second kappa shape index (κ2) is 3.98. The molecule has 0 aromatic heterocycles. The van der Waals surface area contributed by atoms with Crippen LogP contribution in [0.15, 0.2) is 16.7 Å². The second-order valence-electron chi connectivity index (χ2n) is 2.39. The summed E-state index contributed by atoms with van der Waals surface area (Å²) in [6.07, 6.45) is 0.462. The van der Waals surface area contributed by atoms with Crippen molar-refractivity contribution in [3.05, 3.63) is 16.7 Å². The Morgan fingerprint density at radius 3 is 2.23 bits per heavy atom. The maximum Gasteiger partial charge on any atom is 0.501 e. The van der Waals surface area contributed by atoms with Crippen molar-refractivity contribution in [2.75, 3.05) is 0 Å². The summed E-state index contributed by atoms with van der Waals surface area (Å²) in [6, 6.07) is 0. The van der Waals surface area contributed by atoms with E-state index in [0.29, 0.717) is 12.0 Å². The maximum atomic E-state index is 11.7. The van der Waals surface area contributed by atoms with Crippen LogP contribution in [0.5, 0.6) is 0 Å². The van der Waals surface area contributed by atoms with Gasteiger partial charge in [0, 0.05) is 0 Å². The summed E-state index contributed by atoms with van der Waals surface area (Å²) >= 11 is 0. The molecule has 0 aromatic carbocycles. The molecule has 0 bridgehead atoms. The lowest BCUT2D eigenvalue weighted by molar-refractivity contribution is -0.0423. The van der Waals surface area contributed by atoms with Crippen molar-refractivity contribution >= 4 is 9.84 Å². The Balaban J connectivity index is 5.06. The molecule has 13 heavy (non-hydrogen) atoms. The lowest BCUT2D eigenvalue weighted by Gasteiger charge is -2.00. The van der Waals surface area contributed by atoms with E-state index < -0.39 is 15.3 Å². The molecule has 0 aromatic rings. The molecule has 0 aliphatic carbocycles. The van der Waals surface area contributed by atoms with Gasteiger partial charge in [-0.1, -0.05) is 6.92 Å². The first-order valence-electron chi connectivity index (χ1n) is 3.44. The number of hydrogen-bond donors (Lipinski definition) is 0. The van der Waals surface area contributed by atoms with E-state index >= 15 is 0 Å². The Morgan fingerprint density at radius 2 is 1.92 bits per heavy atom. The molecule has 0 saturated carbocycles. The molecule has 0 aliphatic heterocycles. The minimum absolute atomic E-state index is 0.0613. The molecular formula is C7H9F3O2S. The zero-order valence-electron chi connectivity index (χ0n) is 7.14. The fourth-order valence-electron chi connectivity index (χ4n) is 0.347. The zero-order chi connectivity index (χ0) is 10.7. The number of alkyl halides is 3. The van der Waals surface area contributed by atoms with Crippen LogP contribution in [0.2, 0.25) is 0 Å². The fourth-order valence-corrected chi connectivity index (χ4v) is 0.837. The van der Waals surface area contributed by atoms with Gasteiger partial charge < -0.3 is 0 Å². The molecular weight excluding hydrogens is 205 g/mol. The van der Waals surface area contributed by atoms with E-state index in [1.807, 2.05) is 0 Å². The van der Waals surface area contributed by atoms with E-state index in [0.717, 1.165) is 0 Å². The molecule has 0 amide bonds. The third kappa shape index (κ3) is 3.65.